The topological polar surface area (TPSA) is 37.4 Å². The Balaban J connectivity index is 1.92. The Morgan fingerprint density at radius 2 is 1.60 bits per heavy atom. The fourth-order valence-corrected chi connectivity index (χ4v) is 2.68. The molecule has 0 spiro atoms. The highest BCUT2D eigenvalue weighted by atomic mass is 35.5. The van der Waals surface area contributed by atoms with Crippen molar-refractivity contribution >= 4 is 22.8 Å². The van der Waals surface area contributed by atoms with Crippen LogP contribution in [0.15, 0.2) is 0 Å². The SMILES string of the molecule is O=C(Cl)[C@H]1CC[C@H]1C(=O)N1CCCCC1. The van der Waals surface area contributed by atoms with Crippen LogP contribution in [0.25, 0.3) is 0 Å². The van der Waals surface area contributed by atoms with E-state index >= 15 is 0 Å². The molecule has 1 saturated carbocycles. The summed E-state index contributed by atoms with van der Waals surface area (Å²) in [6.07, 6.45) is 5.02. The molecule has 0 N–H and O–H groups in total. The fourth-order valence-electron chi connectivity index (χ4n) is 2.42. The summed E-state index contributed by atoms with van der Waals surface area (Å²) in [5.74, 6) is -0.172. The Labute approximate surface area is 94.8 Å². The van der Waals surface area contributed by atoms with Gasteiger partial charge in [0.1, 0.15) is 0 Å². The highest BCUT2D eigenvalue weighted by Crippen LogP contribution is 2.37. The Kier molecular flexibility index (Phi) is 3.29. The minimum atomic E-state index is -0.336. The zero-order valence-corrected chi connectivity index (χ0v) is 9.50. The molecule has 0 aromatic rings. The van der Waals surface area contributed by atoms with E-state index in [9.17, 15) is 9.59 Å². The predicted octanol–water partition coefficient (Wildman–Crippen LogP) is 1.79. The quantitative estimate of drug-likeness (QED) is 0.677. The standard InChI is InChI=1S/C11H16ClNO2/c12-10(14)8-4-5-9(8)11(15)13-6-2-1-3-7-13/h8-9H,1-7H2/t8-,9+/m0/s1. The molecule has 2 rings (SSSR count). The van der Waals surface area contributed by atoms with Crippen LogP contribution in [0.1, 0.15) is 32.1 Å². The van der Waals surface area contributed by atoms with E-state index in [0.29, 0.717) is 0 Å². The van der Waals surface area contributed by atoms with Crippen molar-refractivity contribution in [3.8, 4) is 0 Å². The molecule has 2 aliphatic rings. The molecule has 2 atom stereocenters. The number of hydrogen-bond acceptors (Lipinski definition) is 2. The van der Waals surface area contributed by atoms with Crippen molar-refractivity contribution in [2.45, 2.75) is 32.1 Å². The lowest BCUT2D eigenvalue weighted by Gasteiger charge is -2.38. The molecule has 3 nitrogen and oxygen atoms in total. The maximum Gasteiger partial charge on any atom is 0.226 e. The molecule has 2 fully saturated rings. The van der Waals surface area contributed by atoms with Crippen LogP contribution in [-0.4, -0.2) is 29.1 Å². The van der Waals surface area contributed by atoms with Gasteiger partial charge in [0.15, 0.2) is 0 Å². The smallest absolute Gasteiger partial charge is 0.226 e. The van der Waals surface area contributed by atoms with Gasteiger partial charge in [-0.3, -0.25) is 9.59 Å². The van der Waals surface area contributed by atoms with Gasteiger partial charge < -0.3 is 4.90 Å². The van der Waals surface area contributed by atoms with E-state index in [1.807, 2.05) is 4.90 Å². The molecule has 1 aliphatic heterocycles. The van der Waals surface area contributed by atoms with Gasteiger partial charge in [-0.25, -0.2) is 0 Å². The molecule has 1 heterocycles. The third kappa shape index (κ3) is 2.17. The first-order chi connectivity index (χ1) is 7.20. The van der Waals surface area contributed by atoms with Crippen molar-refractivity contribution in [2.75, 3.05) is 13.1 Å². The van der Waals surface area contributed by atoms with Crippen LogP contribution < -0.4 is 0 Å². The molecule has 4 heteroatoms. The molecule has 0 bridgehead atoms. The van der Waals surface area contributed by atoms with E-state index in [-0.39, 0.29) is 23.0 Å². The summed E-state index contributed by atoms with van der Waals surface area (Å²) >= 11 is 5.45. The molecule has 1 amide bonds. The van der Waals surface area contributed by atoms with Crippen molar-refractivity contribution in [3.05, 3.63) is 0 Å². The number of rotatable bonds is 2. The van der Waals surface area contributed by atoms with Gasteiger partial charge in [0.2, 0.25) is 11.1 Å². The second-order valence-electron chi connectivity index (χ2n) is 4.48. The highest BCUT2D eigenvalue weighted by Gasteiger charge is 2.42. The summed E-state index contributed by atoms with van der Waals surface area (Å²) < 4.78 is 0. The molecular weight excluding hydrogens is 214 g/mol. The molecule has 0 aromatic carbocycles. The van der Waals surface area contributed by atoms with E-state index in [4.69, 9.17) is 11.6 Å². The summed E-state index contributed by atoms with van der Waals surface area (Å²) in [5, 5.41) is -0.336. The molecule has 0 unspecified atom stereocenters. The molecular formula is C11H16ClNO2. The number of amides is 1. The summed E-state index contributed by atoms with van der Waals surface area (Å²) in [6, 6.07) is 0. The number of carbonyl (C=O) groups excluding carboxylic acids is 2. The highest BCUT2D eigenvalue weighted by molar-refractivity contribution is 6.64. The van der Waals surface area contributed by atoms with E-state index < -0.39 is 0 Å². The molecule has 1 aliphatic carbocycles. The minimum Gasteiger partial charge on any atom is -0.342 e. The largest absolute Gasteiger partial charge is 0.342 e. The van der Waals surface area contributed by atoms with Gasteiger partial charge in [0.25, 0.3) is 0 Å². The zero-order valence-electron chi connectivity index (χ0n) is 8.75. The number of halogens is 1. The first-order valence-corrected chi connectivity index (χ1v) is 6.06. The van der Waals surface area contributed by atoms with Crippen LogP contribution in [0.2, 0.25) is 0 Å². The Morgan fingerprint density at radius 1 is 1.00 bits per heavy atom. The number of piperidine rings is 1. The van der Waals surface area contributed by atoms with Gasteiger partial charge in [-0.05, 0) is 43.7 Å². The van der Waals surface area contributed by atoms with Gasteiger partial charge in [-0.15, -0.1) is 0 Å². The average Bonchev–Trinajstić information content (AvgIpc) is 2.16. The van der Waals surface area contributed by atoms with Gasteiger partial charge in [-0.2, -0.15) is 0 Å². The minimum absolute atomic E-state index is 0.118. The average molecular weight is 230 g/mol. The molecule has 15 heavy (non-hydrogen) atoms. The maximum atomic E-state index is 12.0. The Bertz CT molecular complexity index is 274. The number of likely N-dealkylation sites (tertiary alicyclic amines) is 1. The maximum absolute atomic E-state index is 12.0. The van der Waals surface area contributed by atoms with Gasteiger partial charge in [0, 0.05) is 24.9 Å². The van der Waals surface area contributed by atoms with Gasteiger partial charge in [0.05, 0.1) is 0 Å². The molecule has 0 radical (unpaired) electrons. The third-order valence-corrected chi connectivity index (χ3v) is 3.83. The van der Waals surface area contributed by atoms with Crippen LogP contribution in [0.3, 0.4) is 0 Å². The van der Waals surface area contributed by atoms with Crippen LogP contribution in [0.4, 0.5) is 0 Å². The van der Waals surface area contributed by atoms with Crippen LogP contribution >= 0.6 is 11.6 Å². The number of nitrogens with zero attached hydrogens (tertiary/aromatic N) is 1. The second-order valence-corrected chi connectivity index (χ2v) is 4.85. The lowest BCUT2D eigenvalue weighted by atomic mass is 9.73. The Morgan fingerprint density at radius 3 is 2.07 bits per heavy atom. The van der Waals surface area contributed by atoms with E-state index in [1.165, 1.54) is 6.42 Å². The summed E-state index contributed by atoms with van der Waals surface area (Å²) in [7, 11) is 0. The second kappa shape index (κ2) is 4.52. The summed E-state index contributed by atoms with van der Waals surface area (Å²) in [4.78, 5) is 24.9. The monoisotopic (exact) mass is 229 g/mol. The normalized spacial score (nSPS) is 30.9. The van der Waals surface area contributed by atoms with E-state index in [2.05, 4.69) is 0 Å². The Hall–Kier alpha value is -0.570. The van der Waals surface area contributed by atoms with Crippen LogP contribution in [-0.2, 0) is 9.59 Å². The lowest BCUT2D eigenvalue weighted by molar-refractivity contribution is -0.145. The van der Waals surface area contributed by atoms with Crippen molar-refractivity contribution in [1.82, 2.24) is 4.90 Å². The van der Waals surface area contributed by atoms with Crippen molar-refractivity contribution in [3.63, 3.8) is 0 Å². The number of carbonyl (C=O) groups is 2. The van der Waals surface area contributed by atoms with E-state index in [0.717, 1.165) is 38.8 Å². The fraction of sp³-hybridized carbons (Fsp3) is 0.818. The lowest BCUT2D eigenvalue weighted by Crippen LogP contribution is -2.46. The first kappa shape index (κ1) is 10.9. The zero-order chi connectivity index (χ0) is 10.8. The van der Waals surface area contributed by atoms with Crippen molar-refractivity contribution in [2.24, 2.45) is 11.8 Å². The van der Waals surface area contributed by atoms with E-state index in [1.54, 1.807) is 0 Å². The first-order valence-electron chi connectivity index (χ1n) is 5.68. The van der Waals surface area contributed by atoms with Crippen molar-refractivity contribution < 1.29 is 9.59 Å². The molecule has 84 valence electrons. The summed E-state index contributed by atoms with van der Waals surface area (Å²) in [6.45, 7) is 1.72. The third-order valence-electron chi connectivity index (χ3n) is 3.55. The predicted molar refractivity (Wildman–Crippen MR) is 57.5 cm³/mol. The van der Waals surface area contributed by atoms with Gasteiger partial charge in [-0.1, -0.05) is 0 Å². The van der Waals surface area contributed by atoms with Gasteiger partial charge >= 0.3 is 0 Å². The number of hydrogen-bond donors (Lipinski definition) is 0. The van der Waals surface area contributed by atoms with Crippen LogP contribution in [0.5, 0.6) is 0 Å². The molecule has 1 saturated heterocycles. The van der Waals surface area contributed by atoms with Crippen molar-refractivity contribution in [1.29, 1.82) is 0 Å². The molecule has 0 aromatic heterocycles. The summed E-state index contributed by atoms with van der Waals surface area (Å²) in [5.41, 5.74) is 0. The van der Waals surface area contributed by atoms with Crippen LogP contribution in [0, 0.1) is 11.8 Å².